The van der Waals surface area contributed by atoms with Crippen LogP contribution in [0.2, 0.25) is 0 Å². The highest BCUT2D eigenvalue weighted by atomic mass is 16.6. The molecule has 7 heteroatoms. The molecular formula is C17H26N2O5. The molecule has 1 saturated carbocycles. The maximum Gasteiger partial charge on any atom is 0.410 e. The van der Waals surface area contributed by atoms with Crippen LogP contribution in [0.1, 0.15) is 32.6 Å². The number of methoxy groups -OCH3 is 1. The second-order valence-corrected chi connectivity index (χ2v) is 6.50. The summed E-state index contributed by atoms with van der Waals surface area (Å²) in [7, 11) is 1.33. The third-order valence-electron chi connectivity index (χ3n) is 5.07. The van der Waals surface area contributed by atoms with Gasteiger partial charge in [0.15, 0.2) is 0 Å². The SMILES string of the molecule is CCOC(=O)C1CC2CC(COCC#N)CCC2CN1C(=O)OC. The van der Waals surface area contributed by atoms with E-state index in [9.17, 15) is 9.59 Å². The number of fused-ring (bicyclic) bond motifs is 1. The first kappa shape index (κ1) is 18.5. The van der Waals surface area contributed by atoms with E-state index in [2.05, 4.69) is 0 Å². The maximum absolute atomic E-state index is 12.3. The number of carbonyl (C=O) groups is 2. The standard InChI is InChI=1S/C17H26N2O5/c1-3-24-16(20)15-9-14-8-12(11-23-7-6-18)4-5-13(14)10-19(15)17(21)22-2/h12-15H,3-5,7-11H2,1-2H3. The number of likely N-dealkylation sites (tertiary alicyclic amines) is 1. The Morgan fingerprint density at radius 1 is 1.25 bits per heavy atom. The van der Waals surface area contributed by atoms with Crippen molar-refractivity contribution in [2.24, 2.45) is 17.8 Å². The van der Waals surface area contributed by atoms with E-state index >= 15 is 0 Å². The molecule has 2 aliphatic rings. The number of carbonyl (C=O) groups excluding carboxylic acids is 2. The Balaban J connectivity index is 2.02. The smallest absolute Gasteiger partial charge is 0.410 e. The third-order valence-corrected chi connectivity index (χ3v) is 5.07. The molecule has 0 radical (unpaired) electrons. The van der Waals surface area contributed by atoms with Crippen molar-refractivity contribution >= 4 is 12.1 Å². The van der Waals surface area contributed by atoms with Crippen LogP contribution in [-0.2, 0) is 19.0 Å². The van der Waals surface area contributed by atoms with Crippen molar-refractivity contribution in [3.8, 4) is 6.07 Å². The number of esters is 1. The van der Waals surface area contributed by atoms with E-state index < -0.39 is 12.1 Å². The average Bonchev–Trinajstić information content (AvgIpc) is 2.60. The second-order valence-electron chi connectivity index (χ2n) is 6.50. The van der Waals surface area contributed by atoms with E-state index in [-0.39, 0.29) is 12.6 Å². The molecular weight excluding hydrogens is 312 g/mol. The Morgan fingerprint density at radius 3 is 2.71 bits per heavy atom. The highest BCUT2D eigenvalue weighted by Gasteiger charge is 2.44. The van der Waals surface area contributed by atoms with Crippen molar-refractivity contribution in [3.05, 3.63) is 0 Å². The molecule has 0 N–H and O–H groups in total. The predicted octanol–water partition coefficient (Wildman–Crippen LogP) is 1.96. The predicted molar refractivity (Wildman–Crippen MR) is 84.9 cm³/mol. The monoisotopic (exact) mass is 338 g/mol. The average molecular weight is 338 g/mol. The Kier molecular flexibility index (Phi) is 6.85. The minimum absolute atomic E-state index is 0.117. The number of amides is 1. The molecule has 1 aliphatic heterocycles. The molecule has 2 fully saturated rings. The topological polar surface area (TPSA) is 88.9 Å². The van der Waals surface area contributed by atoms with E-state index in [1.165, 1.54) is 12.0 Å². The van der Waals surface area contributed by atoms with Crippen molar-refractivity contribution in [3.63, 3.8) is 0 Å². The normalized spacial score (nSPS) is 29.3. The molecule has 1 amide bonds. The Bertz CT molecular complexity index is 490. The van der Waals surface area contributed by atoms with Crippen LogP contribution >= 0.6 is 0 Å². The van der Waals surface area contributed by atoms with Gasteiger partial charge in [0.2, 0.25) is 0 Å². The molecule has 24 heavy (non-hydrogen) atoms. The summed E-state index contributed by atoms with van der Waals surface area (Å²) < 4.78 is 15.3. The largest absolute Gasteiger partial charge is 0.464 e. The molecule has 4 atom stereocenters. The highest BCUT2D eigenvalue weighted by Crippen LogP contribution is 2.41. The van der Waals surface area contributed by atoms with Crippen molar-refractivity contribution in [1.29, 1.82) is 5.26 Å². The number of nitriles is 1. The van der Waals surface area contributed by atoms with Gasteiger partial charge < -0.3 is 14.2 Å². The van der Waals surface area contributed by atoms with Gasteiger partial charge in [0.1, 0.15) is 12.6 Å². The quantitative estimate of drug-likeness (QED) is 0.562. The molecule has 1 aliphatic carbocycles. The van der Waals surface area contributed by atoms with E-state index in [0.29, 0.717) is 43.9 Å². The lowest BCUT2D eigenvalue weighted by Gasteiger charge is -2.46. The van der Waals surface area contributed by atoms with Crippen molar-refractivity contribution in [2.45, 2.75) is 38.6 Å². The summed E-state index contributed by atoms with van der Waals surface area (Å²) in [4.78, 5) is 25.8. The summed E-state index contributed by atoms with van der Waals surface area (Å²) >= 11 is 0. The Hall–Kier alpha value is -1.81. The molecule has 0 bridgehead atoms. The van der Waals surface area contributed by atoms with Gasteiger partial charge in [0.05, 0.1) is 26.4 Å². The number of rotatable bonds is 5. The van der Waals surface area contributed by atoms with Gasteiger partial charge in [-0.05, 0) is 50.4 Å². The summed E-state index contributed by atoms with van der Waals surface area (Å²) in [6.07, 6.45) is 3.11. The summed E-state index contributed by atoms with van der Waals surface area (Å²) in [6.45, 7) is 3.29. The van der Waals surface area contributed by atoms with Crippen LogP contribution in [0.25, 0.3) is 0 Å². The summed E-state index contributed by atoms with van der Waals surface area (Å²) in [5, 5.41) is 8.56. The zero-order valence-corrected chi connectivity index (χ0v) is 14.4. The number of ether oxygens (including phenoxy) is 3. The molecule has 0 aromatic rings. The summed E-state index contributed by atoms with van der Waals surface area (Å²) in [5.74, 6) is 0.795. The lowest BCUT2D eigenvalue weighted by atomic mass is 9.69. The highest BCUT2D eigenvalue weighted by molar-refractivity contribution is 5.81. The van der Waals surface area contributed by atoms with E-state index in [1.807, 2.05) is 6.07 Å². The molecule has 0 aromatic carbocycles. The molecule has 1 saturated heterocycles. The minimum atomic E-state index is -0.572. The van der Waals surface area contributed by atoms with Crippen LogP contribution in [0.5, 0.6) is 0 Å². The molecule has 2 rings (SSSR count). The summed E-state index contributed by atoms with van der Waals surface area (Å²) in [5.41, 5.74) is 0. The molecule has 7 nitrogen and oxygen atoms in total. The zero-order valence-electron chi connectivity index (χ0n) is 14.4. The van der Waals surface area contributed by atoms with Gasteiger partial charge >= 0.3 is 12.1 Å². The van der Waals surface area contributed by atoms with Gasteiger partial charge in [-0.25, -0.2) is 9.59 Å². The maximum atomic E-state index is 12.3. The van der Waals surface area contributed by atoms with Crippen LogP contribution < -0.4 is 0 Å². The molecule has 4 unspecified atom stereocenters. The number of nitrogens with zero attached hydrogens (tertiary/aromatic N) is 2. The lowest BCUT2D eigenvalue weighted by molar-refractivity contribution is -0.152. The van der Waals surface area contributed by atoms with Crippen molar-refractivity contribution in [2.75, 3.05) is 33.5 Å². The number of piperidine rings is 1. The molecule has 134 valence electrons. The lowest BCUT2D eigenvalue weighted by Crippen LogP contribution is -2.55. The van der Waals surface area contributed by atoms with Gasteiger partial charge in [0, 0.05) is 6.54 Å². The van der Waals surface area contributed by atoms with Crippen LogP contribution in [0.3, 0.4) is 0 Å². The van der Waals surface area contributed by atoms with Crippen LogP contribution in [-0.4, -0.2) is 56.5 Å². The van der Waals surface area contributed by atoms with E-state index in [4.69, 9.17) is 19.5 Å². The van der Waals surface area contributed by atoms with E-state index in [1.54, 1.807) is 6.92 Å². The van der Waals surface area contributed by atoms with Crippen molar-refractivity contribution < 1.29 is 23.8 Å². The molecule has 0 spiro atoms. The van der Waals surface area contributed by atoms with E-state index in [0.717, 1.165) is 19.3 Å². The van der Waals surface area contributed by atoms with Gasteiger partial charge in [-0.1, -0.05) is 0 Å². The minimum Gasteiger partial charge on any atom is -0.464 e. The Morgan fingerprint density at radius 2 is 2.04 bits per heavy atom. The number of hydrogen-bond acceptors (Lipinski definition) is 6. The molecule has 0 aromatic heterocycles. The first-order valence-corrected chi connectivity index (χ1v) is 8.56. The van der Waals surface area contributed by atoms with Gasteiger partial charge in [-0.2, -0.15) is 5.26 Å². The van der Waals surface area contributed by atoms with Crippen LogP contribution in [0.4, 0.5) is 4.79 Å². The van der Waals surface area contributed by atoms with Gasteiger partial charge in [0.25, 0.3) is 0 Å². The van der Waals surface area contributed by atoms with Crippen LogP contribution in [0, 0.1) is 29.1 Å². The van der Waals surface area contributed by atoms with Gasteiger partial charge in [-0.15, -0.1) is 0 Å². The molecule has 1 heterocycles. The fourth-order valence-corrected chi connectivity index (χ4v) is 3.95. The first-order chi connectivity index (χ1) is 11.6. The fraction of sp³-hybridized carbons (Fsp3) is 0.824. The third kappa shape index (κ3) is 4.38. The first-order valence-electron chi connectivity index (χ1n) is 8.56. The zero-order chi connectivity index (χ0) is 17.5. The fourth-order valence-electron chi connectivity index (χ4n) is 3.95. The van der Waals surface area contributed by atoms with Gasteiger partial charge in [-0.3, -0.25) is 4.90 Å². The van der Waals surface area contributed by atoms with Crippen LogP contribution in [0.15, 0.2) is 0 Å². The summed E-state index contributed by atoms with van der Waals surface area (Å²) in [6, 6.07) is 1.41. The van der Waals surface area contributed by atoms with Crippen molar-refractivity contribution in [1.82, 2.24) is 4.90 Å². The Labute approximate surface area is 142 Å². The number of hydrogen-bond donors (Lipinski definition) is 0. The second kappa shape index (κ2) is 8.88.